The molecule has 6 nitrogen and oxygen atoms in total. The molecule has 0 spiro atoms. The number of alkyl halides is 3. The summed E-state index contributed by atoms with van der Waals surface area (Å²) in [5.41, 5.74) is 2.28. The van der Waals surface area contributed by atoms with Gasteiger partial charge in [0.05, 0.1) is 10.6 Å². The fourth-order valence-corrected chi connectivity index (χ4v) is 4.68. The van der Waals surface area contributed by atoms with E-state index in [9.17, 15) is 27.9 Å². The zero-order valence-electron chi connectivity index (χ0n) is 22.1. The summed E-state index contributed by atoms with van der Waals surface area (Å²) in [6.45, 7) is 0.847. The van der Waals surface area contributed by atoms with Gasteiger partial charge >= 0.3 is 6.68 Å². The summed E-state index contributed by atoms with van der Waals surface area (Å²) in [6, 6.07) is 14.6. The number of likely N-dealkylation sites (tertiary alicyclic amines) is 1. The molecule has 0 bridgehead atoms. The molecule has 2 N–H and O–H groups in total. The summed E-state index contributed by atoms with van der Waals surface area (Å²) in [4.78, 5) is 28.1. The van der Waals surface area contributed by atoms with Gasteiger partial charge in [0.25, 0.3) is 11.8 Å². The predicted molar refractivity (Wildman–Crippen MR) is 144 cm³/mol. The number of hydrogen-bond donors (Lipinski definition) is 2. The molecule has 2 amide bonds. The van der Waals surface area contributed by atoms with Gasteiger partial charge < -0.3 is 20.2 Å². The summed E-state index contributed by atoms with van der Waals surface area (Å²) in [5.74, 6) is -0.304. The first-order chi connectivity index (χ1) is 17.9. The molecule has 1 fully saturated rings. The Labute approximate surface area is 227 Å². The van der Waals surface area contributed by atoms with Crippen molar-refractivity contribution < 1.29 is 27.9 Å². The van der Waals surface area contributed by atoms with Crippen molar-refractivity contribution in [1.82, 2.24) is 9.80 Å². The first-order valence-corrected chi connectivity index (χ1v) is 13.0. The average molecular weight is 556 g/mol. The van der Waals surface area contributed by atoms with Crippen LogP contribution in [-0.4, -0.2) is 67.1 Å². The molecule has 210 valence electrons. The Morgan fingerprint density at radius 3 is 2.24 bits per heavy atom. The normalized spacial score (nSPS) is 15.3. The van der Waals surface area contributed by atoms with Gasteiger partial charge in [-0.05, 0) is 54.9 Å². The number of nitrogens with one attached hydrogen (secondary N) is 1. The number of aliphatic hydroxyl groups is 1. The largest absolute Gasteiger partial charge is 0.385 e. The smallest absolute Gasteiger partial charge is 0.379 e. The number of halogens is 4. The highest BCUT2D eigenvalue weighted by atomic mass is 35.5. The van der Waals surface area contributed by atoms with Gasteiger partial charge in [-0.1, -0.05) is 55.3 Å². The van der Waals surface area contributed by atoms with Crippen molar-refractivity contribution >= 4 is 29.1 Å². The maximum Gasteiger partial charge on any atom is 0.379 e. The summed E-state index contributed by atoms with van der Waals surface area (Å²) in [7, 11) is 3.42. The Kier molecular flexibility index (Phi) is 12.4. The van der Waals surface area contributed by atoms with Crippen LogP contribution in [0.3, 0.4) is 0 Å². The number of unbranched alkanes of at least 4 members (excludes halogenated alkanes) is 1. The van der Waals surface area contributed by atoms with Gasteiger partial charge in [0.2, 0.25) is 0 Å². The van der Waals surface area contributed by atoms with E-state index in [-0.39, 0.29) is 17.2 Å². The number of amides is 2. The monoisotopic (exact) mass is 555 g/mol. The van der Waals surface area contributed by atoms with E-state index < -0.39 is 12.8 Å². The molecular formula is C28H37ClF3N3O3. The Balaban J connectivity index is 0.00000118. The van der Waals surface area contributed by atoms with Crippen molar-refractivity contribution in [3.8, 4) is 0 Å². The first kappa shape index (κ1) is 31.4. The number of hydrogen-bond acceptors (Lipinski definition) is 4. The SMILES string of the molecule is CN(C)C(=O)c1ccc(NCCCCC2(C)CCN(C(=O)C(O)c3ccccc3)CC2)cc1Cl.FC(F)F. The van der Waals surface area contributed by atoms with E-state index in [4.69, 9.17) is 11.6 Å². The minimum Gasteiger partial charge on any atom is -0.385 e. The molecule has 1 aliphatic heterocycles. The highest BCUT2D eigenvalue weighted by Gasteiger charge is 2.33. The molecule has 1 saturated heterocycles. The van der Waals surface area contributed by atoms with Crippen molar-refractivity contribution in [3.63, 3.8) is 0 Å². The summed E-state index contributed by atoms with van der Waals surface area (Å²) in [5, 5.41) is 14.3. The van der Waals surface area contributed by atoms with Crippen LogP contribution in [0.5, 0.6) is 0 Å². The van der Waals surface area contributed by atoms with E-state index in [1.165, 1.54) is 4.90 Å². The van der Waals surface area contributed by atoms with Crippen molar-refractivity contribution in [1.29, 1.82) is 0 Å². The third kappa shape index (κ3) is 9.83. The van der Waals surface area contributed by atoms with E-state index >= 15 is 0 Å². The molecule has 0 aliphatic carbocycles. The minimum absolute atomic E-state index is 0.105. The molecule has 10 heteroatoms. The van der Waals surface area contributed by atoms with E-state index in [1.807, 2.05) is 24.3 Å². The number of piperidine rings is 1. The Hall–Kier alpha value is -2.78. The Morgan fingerprint density at radius 1 is 1.08 bits per heavy atom. The second-order valence-corrected chi connectivity index (χ2v) is 10.4. The minimum atomic E-state index is -3.67. The second-order valence-electron chi connectivity index (χ2n) is 9.97. The van der Waals surface area contributed by atoms with Gasteiger partial charge in [0, 0.05) is 39.4 Å². The van der Waals surface area contributed by atoms with Gasteiger partial charge in [-0.15, -0.1) is 0 Å². The number of carbonyl (C=O) groups is 2. The van der Waals surface area contributed by atoms with Gasteiger partial charge in [-0.3, -0.25) is 9.59 Å². The Bertz CT molecular complexity index is 1030. The number of carbonyl (C=O) groups excluding carboxylic acids is 2. The Morgan fingerprint density at radius 2 is 1.68 bits per heavy atom. The molecule has 0 radical (unpaired) electrons. The van der Waals surface area contributed by atoms with Crippen LogP contribution in [0.4, 0.5) is 18.9 Å². The molecule has 1 aliphatic rings. The van der Waals surface area contributed by atoms with Gasteiger partial charge in [-0.25, -0.2) is 0 Å². The van der Waals surface area contributed by atoms with Crippen LogP contribution in [0.2, 0.25) is 5.02 Å². The first-order valence-electron chi connectivity index (χ1n) is 12.6. The van der Waals surface area contributed by atoms with E-state index in [0.29, 0.717) is 29.2 Å². The lowest BCUT2D eigenvalue weighted by atomic mass is 9.76. The molecular weight excluding hydrogens is 519 g/mol. The van der Waals surface area contributed by atoms with Crippen LogP contribution in [0.25, 0.3) is 0 Å². The number of anilines is 1. The fraction of sp³-hybridized carbons (Fsp3) is 0.500. The maximum absolute atomic E-state index is 12.7. The van der Waals surface area contributed by atoms with Crippen LogP contribution < -0.4 is 5.32 Å². The van der Waals surface area contributed by atoms with E-state index in [1.54, 1.807) is 43.3 Å². The lowest BCUT2D eigenvalue weighted by Crippen LogP contribution is -2.44. The van der Waals surface area contributed by atoms with Gasteiger partial charge in [-0.2, -0.15) is 13.2 Å². The van der Waals surface area contributed by atoms with E-state index in [0.717, 1.165) is 44.3 Å². The van der Waals surface area contributed by atoms with Gasteiger partial charge in [0.15, 0.2) is 6.10 Å². The van der Waals surface area contributed by atoms with Gasteiger partial charge in [0.1, 0.15) is 0 Å². The van der Waals surface area contributed by atoms with Crippen LogP contribution in [0, 0.1) is 5.41 Å². The summed E-state index contributed by atoms with van der Waals surface area (Å²) in [6.07, 6.45) is 4.04. The third-order valence-corrected chi connectivity index (χ3v) is 7.09. The third-order valence-electron chi connectivity index (χ3n) is 6.77. The van der Waals surface area contributed by atoms with Crippen LogP contribution in [-0.2, 0) is 4.79 Å². The quantitative estimate of drug-likeness (QED) is 0.363. The van der Waals surface area contributed by atoms with Crippen molar-refractivity contribution in [2.24, 2.45) is 5.41 Å². The second kappa shape index (κ2) is 15.0. The molecule has 2 aromatic carbocycles. The molecule has 1 atom stereocenters. The number of benzene rings is 2. The molecule has 0 saturated carbocycles. The average Bonchev–Trinajstić information content (AvgIpc) is 2.88. The summed E-state index contributed by atoms with van der Waals surface area (Å²) >= 11 is 6.29. The fourth-order valence-electron chi connectivity index (χ4n) is 4.42. The van der Waals surface area contributed by atoms with Crippen LogP contribution in [0.15, 0.2) is 48.5 Å². The highest BCUT2D eigenvalue weighted by Crippen LogP contribution is 2.36. The standard InChI is InChI=1S/C27H36ClN3O3.CHF3/c1-27(14-17-31(18-15-27)26(34)24(32)20-9-5-4-6-10-20)13-7-8-16-29-21-11-12-22(23(28)19-21)25(33)30(2)3;2-1(3)4/h4-6,9-12,19,24,29,32H,7-8,13-18H2,1-3H3;1H. The maximum atomic E-state index is 12.7. The zero-order valence-corrected chi connectivity index (χ0v) is 22.9. The van der Waals surface area contributed by atoms with Crippen molar-refractivity contribution in [2.45, 2.75) is 51.8 Å². The lowest BCUT2D eigenvalue weighted by molar-refractivity contribution is -0.142. The molecule has 1 unspecified atom stereocenters. The molecule has 3 rings (SSSR count). The predicted octanol–water partition coefficient (Wildman–Crippen LogP) is 6.16. The number of nitrogens with zero attached hydrogens (tertiary/aromatic N) is 2. The molecule has 0 aromatic heterocycles. The molecule has 2 aromatic rings. The lowest BCUT2D eigenvalue weighted by Gasteiger charge is -2.40. The topological polar surface area (TPSA) is 72.9 Å². The van der Waals surface area contributed by atoms with Crippen LogP contribution in [0.1, 0.15) is 61.1 Å². The highest BCUT2D eigenvalue weighted by molar-refractivity contribution is 6.34. The number of rotatable bonds is 9. The van der Waals surface area contributed by atoms with Crippen molar-refractivity contribution in [2.75, 3.05) is 39.0 Å². The molecule has 1 heterocycles. The van der Waals surface area contributed by atoms with E-state index in [2.05, 4.69) is 12.2 Å². The van der Waals surface area contributed by atoms with Crippen LogP contribution >= 0.6 is 11.6 Å². The number of aliphatic hydroxyl groups excluding tert-OH is 1. The van der Waals surface area contributed by atoms with Crippen molar-refractivity contribution in [3.05, 3.63) is 64.7 Å². The summed E-state index contributed by atoms with van der Waals surface area (Å²) < 4.78 is 29.0. The zero-order chi connectivity index (χ0) is 28.3. The molecule has 38 heavy (non-hydrogen) atoms.